The van der Waals surface area contributed by atoms with Crippen molar-refractivity contribution in [3.8, 4) is 17.6 Å². The number of hydrogen-bond donors (Lipinski definition) is 1. The lowest BCUT2D eigenvalue weighted by Gasteiger charge is -2.14. The van der Waals surface area contributed by atoms with E-state index in [1.54, 1.807) is 14.2 Å². The Labute approximate surface area is 109 Å². The SMILES string of the molecule is COc1cc(C)c(CCNC(C)C#N)c(OC)c1. The van der Waals surface area contributed by atoms with Crippen molar-refractivity contribution in [1.82, 2.24) is 5.32 Å². The summed E-state index contributed by atoms with van der Waals surface area (Å²) >= 11 is 0. The highest BCUT2D eigenvalue weighted by Gasteiger charge is 2.09. The first-order valence-electron chi connectivity index (χ1n) is 5.96. The van der Waals surface area contributed by atoms with Gasteiger partial charge in [0.05, 0.1) is 26.3 Å². The summed E-state index contributed by atoms with van der Waals surface area (Å²) in [6.07, 6.45) is 0.824. The minimum Gasteiger partial charge on any atom is -0.497 e. The third kappa shape index (κ3) is 3.64. The first kappa shape index (κ1) is 14.3. The molecule has 0 amide bonds. The zero-order valence-electron chi connectivity index (χ0n) is 11.4. The summed E-state index contributed by atoms with van der Waals surface area (Å²) in [5.74, 6) is 1.63. The summed E-state index contributed by atoms with van der Waals surface area (Å²) in [6.45, 7) is 4.63. The molecule has 1 rings (SSSR count). The summed E-state index contributed by atoms with van der Waals surface area (Å²) in [4.78, 5) is 0. The molecule has 1 aromatic rings. The van der Waals surface area contributed by atoms with Crippen LogP contribution in [0.15, 0.2) is 12.1 Å². The van der Waals surface area contributed by atoms with Crippen LogP contribution < -0.4 is 14.8 Å². The van der Waals surface area contributed by atoms with Crippen molar-refractivity contribution in [2.24, 2.45) is 0 Å². The molecule has 0 saturated heterocycles. The molecule has 4 nitrogen and oxygen atoms in total. The molecule has 98 valence electrons. The molecule has 0 bridgehead atoms. The highest BCUT2D eigenvalue weighted by atomic mass is 16.5. The van der Waals surface area contributed by atoms with Crippen molar-refractivity contribution < 1.29 is 9.47 Å². The Hall–Kier alpha value is -1.73. The number of rotatable bonds is 6. The number of methoxy groups -OCH3 is 2. The van der Waals surface area contributed by atoms with E-state index in [0.717, 1.165) is 35.6 Å². The maximum Gasteiger partial charge on any atom is 0.126 e. The predicted octanol–water partition coefficient (Wildman–Crippen LogP) is 2.06. The number of aryl methyl sites for hydroxylation is 1. The molecule has 0 spiro atoms. The summed E-state index contributed by atoms with van der Waals surface area (Å²) in [6, 6.07) is 5.90. The van der Waals surface area contributed by atoms with Crippen LogP contribution in [0, 0.1) is 18.3 Å². The van der Waals surface area contributed by atoms with E-state index in [1.165, 1.54) is 0 Å². The van der Waals surface area contributed by atoms with Gasteiger partial charge in [-0.1, -0.05) is 0 Å². The van der Waals surface area contributed by atoms with Gasteiger partial charge in [0, 0.05) is 12.6 Å². The molecule has 0 fully saturated rings. The zero-order chi connectivity index (χ0) is 13.5. The predicted molar refractivity (Wildman–Crippen MR) is 71.1 cm³/mol. The van der Waals surface area contributed by atoms with Crippen LogP contribution >= 0.6 is 0 Å². The maximum atomic E-state index is 8.70. The van der Waals surface area contributed by atoms with Crippen LogP contribution in [0.2, 0.25) is 0 Å². The molecule has 18 heavy (non-hydrogen) atoms. The van der Waals surface area contributed by atoms with Gasteiger partial charge < -0.3 is 14.8 Å². The molecule has 0 aliphatic rings. The lowest BCUT2D eigenvalue weighted by Crippen LogP contribution is -2.26. The fourth-order valence-corrected chi connectivity index (χ4v) is 1.83. The van der Waals surface area contributed by atoms with Crippen LogP contribution in [0.3, 0.4) is 0 Å². The number of nitrogens with one attached hydrogen (secondary N) is 1. The Morgan fingerprint density at radius 1 is 1.33 bits per heavy atom. The van der Waals surface area contributed by atoms with Gasteiger partial charge in [-0.3, -0.25) is 0 Å². The highest BCUT2D eigenvalue weighted by molar-refractivity contribution is 5.46. The Morgan fingerprint density at radius 2 is 2.06 bits per heavy atom. The van der Waals surface area contributed by atoms with E-state index in [9.17, 15) is 0 Å². The van der Waals surface area contributed by atoms with Gasteiger partial charge in [0.1, 0.15) is 11.5 Å². The van der Waals surface area contributed by atoms with E-state index in [4.69, 9.17) is 14.7 Å². The van der Waals surface area contributed by atoms with Gasteiger partial charge in [-0.2, -0.15) is 5.26 Å². The molecule has 0 radical (unpaired) electrons. The normalized spacial score (nSPS) is 11.7. The highest BCUT2D eigenvalue weighted by Crippen LogP contribution is 2.28. The minimum absolute atomic E-state index is 0.130. The van der Waals surface area contributed by atoms with Gasteiger partial charge >= 0.3 is 0 Å². The summed E-state index contributed by atoms with van der Waals surface area (Å²) in [7, 11) is 3.30. The maximum absolute atomic E-state index is 8.70. The van der Waals surface area contributed by atoms with E-state index < -0.39 is 0 Å². The standard InChI is InChI=1S/C14H20N2O2/c1-10-7-12(17-3)8-14(18-4)13(10)5-6-16-11(2)9-15/h7-8,11,16H,5-6H2,1-4H3. The van der Waals surface area contributed by atoms with E-state index >= 15 is 0 Å². The molecule has 4 heteroatoms. The zero-order valence-corrected chi connectivity index (χ0v) is 11.4. The Kier molecular flexibility index (Phi) is 5.47. The van der Waals surface area contributed by atoms with E-state index in [2.05, 4.69) is 11.4 Å². The first-order valence-corrected chi connectivity index (χ1v) is 5.96. The Balaban J connectivity index is 2.78. The molecule has 1 unspecified atom stereocenters. The largest absolute Gasteiger partial charge is 0.497 e. The third-order valence-electron chi connectivity index (χ3n) is 2.88. The minimum atomic E-state index is -0.130. The van der Waals surface area contributed by atoms with Crippen molar-refractivity contribution >= 4 is 0 Å². The van der Waals surface area contributed by atoms with Crippen LogP contribution in [0.4, 0.5) is 0 Å². The van der Waals surface area contributed by atoms with E-state index in [-0.39, 0.29) is 6.04 Å². The summed E-state index contributed by atoms with van der Waals surface area (Å²) in [5.41, 5.74) is 2.29. The molecule has 1 N–H and O–H groups in total. The van der Waals surface area contributed by atoms with Crippen molar-refractivity contribution in [2.45, 2.75) is 26.3 Å². The second-order valence-electron chi connectivity index (χ2n) is 4.18. The molecule has 0 aliphatic heterocycles. The lowest BCUT2D eigenvalue weighted by atomic mass is 10.0. The Morgan fingerprint density at radius 3 is 2.61 bits per heavy atom. The monoisotopic (exact) mass is 248 g/mol. The lowest BCUT2D eigenvalue weighted by molar-refractivity contribution is 0.390. The molecule has 0 aromatic heterocycles. The van der Waals surface area contributed by atoms with E-state index in [1.807, 2.05) is 26.0 Å². The fourth-order valence-electron chi connectivity index (χ4n) is 1.83. The third-order valence-corrected chi connectivity index (χ3v) is 2.88. The van der Waals surface area contributed by atoms with Crippen LogP contribution in [-0.2, 0) is 6.42 Å². The number of nitriles is 1. The molecular weight excluding hydrogens is 228 g/mol. The average molecular weight is 248 g/mol. The quantitative estimate of drug-likeness (QED) is 0.837. The van der Waals surface area contributed by atoms with Crippen LogP contribution in [-0.4, -0.2) is 26.8 Å². The van der Waals surface area contributed by atoms with Crippen LogP contribution in [0.1, 0.15) is 18.1 Å². The number of benzene rings is 1. The van der Waals surface area contributed by atoms with Crippen molar-refractivity contribution in [3.05, 3.63) is 23.3 Å². The van der Waals surface area contributed by atoms with Gasteiger partial charge in [-0.05, 0) is 37.5 Å². The number of ether oxygens (including phenoxy) is 2. The van der Waals surface area contributed by atoms with Gasteiger partial charge in [-0.15, -0.1) is 0 Å². The molecular formula is C14H20N2O2. The molecule has 1 atom stereocenters. The van der Waals surface area contributed by atoms with E-state index in [0.29, 0.717) is 0 Å². The molecule has 1 aromatic carbocycles. The topological polar surface area (TPSA) is 54.3 Å². The first-order chi connectivity index (χ1) is 8.62. The van der Waals surface area contributed by atoms with Crippen molar-refractivity contribution in [3.63, 3.8) is 0 Å². The van der Waals surface area contributed by atoms with Gasteiger partial charge in [0.15, 0.2) is 0 Å². The second kappa shape index (κ2) is 6.87. The Bertz CT molecular complexity index is 438. The summed E-state index contributed by atoms with van der Waals surface area (Å²) < 4.78 is 10.6. The molecule has 0 saturated carbocycles. The fraction of sp³-hybridized carbons (Fsp3) is 0.500. The number of nitrogens with zero attached hydrogens (tertiary/aromatic N) is 1. The average Bonchev–Trinajstić information content (AvgIpc) is 2.39. The smallest absolute Gasteiger partial charge is 0.126 e. The van der Waals surface area contributed by atoms with Crippen molar-refractivity contribution in [2.75, 3.05) is 20.8 Å². The number of hydrogen-bond acceptors (Lipinski definition) is 4. The van der Waals surface area contributed by atoms with Gasteiger partial charge in [0.25, 0.3) is 0 Å². The molecule has 0 aliphatic carbocycles. The summed E-state index contributed by atoms with van der Waals surface area (Å²) in [5, 5.41) is 11.8. The van der Waals surface area contributed by atoms with Gasteiger partial charge in [0.2, 0.25) is 0 Å². The van der Waals surface area contributed by atoms with Crippen LogP contribution in [0.5, 0.6) is 11.5 Å². The molecule has 0 heterocycles. The van der Waals surface area contributed by atoms with Crippen LogP contribution in [0.25, 0.3) is 0 Å². The van der Waals surface area contributed by atoms with Crippen molar-refractivity contribution in [1.29, 1.82) is 5.26 Å². The van der Waals surface area contributed by atoms with Gasteiger partial charge in [-0.25, -0.2) is 0 Å². The second-order valence-corrected chi connectivity index (χ2v) is 4.18.